The number of fused-ring (bicyclic) bond motifs is 1. The minimum absolute atomic E-state index is 0. The van der Waals surface area contributed by atoms with Crippen LogP contribution in [-0.2, 0) is 0 Å². The van der Waals surface area contributed by atoms with Crippen molar-refractivity contribution in [1.82, 2.24) is 5.32 Å². The van der Waals surface area contributed by atoms with Crippen LogP contribution in [0.15, 0.2) is 18.2 Å². The molecule has 0 amide bonds. The second-order valence-corrected chi connectivity index (χ2v) is 5.60. The quantitative estimate of drug-likeness (QED) is 0.880. The number of nitrogens with zero attached hydrogens (tertiary/aromatic N) is 1. The van der Waals surface area contributed by atoms with Gasteiger partial charge in [-0.25, -0.2) is 0 Å². The lowest BCUT2D eigenvalue weighted by molar-refractivity contribution is -0.0830. The van der Waals surface area contributed by atoms with Crippen LogP contribution in [0.25, 0.3) is 0 Å². The molecule has 0 saturated heterocycles. The summed E-state index contributed by atoms with van der Waals surface area (Å²) < 4.78 is 5.76. The van der Waals surface area contributed by atoms with Gasteiger partial charge in [-0.2, -0.15) is 5.26 Å². The van der Waals surface area contributed by atoms with Crippen LogP contribution in [0.1, 0.15) is 44.9 Å². The van der Waals surface area contributed by atoms with Gasteiger partial charge in [-0.1, -0.05) is 13.8 Å². The van der Waals surface area contributed by atoms with Gasteiger partial charge in [-0.15, -0.1) is 12.4 Å². The van der Waals surface area contributed by atoms with Crippen LogP contribution in [0.5, 0.6) is 5.75 Å². The number of aliphatic hydroxyl groups is 1. The first-order chi connectivity index (χ1) is 8.86. The van der Waals surface area contributed by atoms with Gasteiger partial charge in [0.2, 0.25) is 0 Å². The van der Waals surface area contributed by atoms with Gasteiger partial charge >= 0.3 is 0 Å². The summed E-state index contributed by atoms with van der Waals surface area (Å²) in [5, 5.41) is 23.1. The molecule has 0 radical (unpaired) electrons. The molecule has 2 N–H and O–H groups in total. The van der Waals surface area contributed by atoms with Crippen molar-refractivity contribution < 1.29 is 9.84 Å². The summed E-state index contributed by atoms with van der Waals surface area (Å²) in [7, 11) is 0. The van der Waals surface area contributed by atoms with Crippen molar-refractivity contribution in [3.05, 3.63) is 29.3 Å². The molecule has 20 heavy (non-hydrogen) atoms. The molecule has 1 aromatic carbocycles. The van der Waals surface area contributed by atoms with Crippen LogP contribution in [0.2, 0.25) is 0 Å². The fraction of sp³-hybridized carbons (Fsp3) is 0.533. The fourth-order valence-corrected chi connectivity index (χ4v) is 2.40. The van der Waals surface area contributed by atoms with E-state index in [1.807, 2.05) is 20.8 Å². The highest BCUT2D eigenvalue weighted by atomic mass is 35.5. The van der Waals surface area contributed by atoms with Crippen LogP contribution in [0.3, 0.4) is 0 Å². The van der Waals surface area contributed by atoms with Crippen molar-refractivity contribution in [2.45, 2.75) is 51.5 Å². The van der Waals surface area contributed by atoms with E-state index < -0.39 is 5.60 Å². The van der Waals surface area contributed by atoms with E-state index in [1.54, 1.807) is 25.1 Å². The summed E-state index contributed by atoms with van der Waals surface area (Å²) in [6.07, 6.45) is -0.316. The predicted octanol–water partition coefficient (Wildman–Crippen LogP) is 2.55. The predicted molar refractivity (Wildman–Crippen MR) is 80.1 cm³/mol. The minimum atomic E-state index is -1.02. The van der Waals surface area contributed by atoms with Crippen LogP contribution in [0, 0.1) is 11.3 Å². The summed E-state index contributed by atoms with van der Waals surface area (Å²) in [4.78, 5) is 0. The third-order valence-corrected chi connectivity index (χ3v) is 3.66. The van der Waals surface area contributed by atoms with E-state index in [0.717, 1.165) is 11.3 Å². The van der Waals surface area contributed by atoms with E-state index in [4.69, 9.17) is 10.00 Å². The van der Waals surface area contributed by atoms with Crippen molar-refractivity contribution in [1.29, 1.82) is 5.26 Å². The lowest BCUT2D eigenvalue weighted by atomic mass is 9.82. The molecule has 0 fully saturated rings. The van der Waals surface area contributed by atoms with Crippen LogP contribution in [-0.4, -0.2) is 22.9 Å². The molecule has 3 atom stereocenters. The first-order valence-electron chi connectivity index (χ1n) is 6.55. The molecule has 2 rings (SSSR count). The van der Waals surface area contributed by atoms with Gasteiger partial charge in [-0.05, 0) is 32.0 Å². The number of hydrogen-bond donors (Lipinski definition) is 2. The zero-order valence-corrected chi connectivity index (χ0v) is 13.0. The smallest absolute Gasteiger partial charge is 0.126 e. The lowest BCUT2D eigenvalue weighted by Crippen LogP contribution is -2.55. The fourth-order valence-electron chi connectivity index (χ4n) is 2.40. The molecular weight excluding hydrogens is 276 g/mol. The number of nitrogens with one attached hydrogen (secondary N) is 1. The van der Waals surface area contributed by atoms with E-state index in [9.17, 15) is 5.11 Å². The molecule has 110 valence electrons. The second kappa shape index (κ2) is 6.01. The Labute approximate surface area is 126 Å². The summed E-state index contributed by atoms with van der Waals surface area (Å²) >= 11 is 0. The topological polar surface area (TPSA) is 65.3 Å². The number of ether oxygens (including phenoxy) is 1. The number of hydrogen-bond acceptors (Lipinski definition) is 4. The van der Waals surface area contributed by atoms with Gasteiger partial charge in [-0.3, -0.25) is 0 Å². The van der Waals surface area contributed by atoms with Gasteiger partial charge in [0.25, 0.3) is 0 Å². The summed E-state index contributed by atoms with van der Waals surface area (Å²) in [6, 6.07) is 7.42. The molecule has 1 aliphatic rings. The molecule has 1 aliphatic heterocycles. The molecule has 0 bridgehead atoms. The van der Waals surface area contributed by atoms with Crippen LogP contribution >= 0.6 is 12.4 Å². The zero-order chi connectivity index (χ0) is 14.2. The van der Waals surface area contributed by atoms with Crippen LogP contribution < -0.4 is 10.1 Å². The molecular formula is C15H21ClN2O2. The Morgan fingerprint density at radius 1 is 1.45 bits per heavy atom. The monoisotopic (exact) mass is 296 g/mol. The Kier molecular flexibility index (Phi) is 5.04. The highest BCUT2D eigenvalue weighted by Crippen LogP contribution is 2.41. The van der Waals surface area contributed by atoms with Gasteiger partial charge < -0.3 is 15.2 Å². The van der Waals surface area contributed by atoms with E-state index in [-0.39, 0.29) is 30.6 Å². The van der Waals surface area contributed by atoms with E-state index >= 15 is 0 Å². The number of rotatable bonds is 2. The molecule has 1 unspecified atom stereocenters. The molecule has 0 aliphatic carbocycles. The summed E-state index contributed by atoms with van der Waals surface area (Å²) in [6.45, 7) is 7.68. The Bertz CT molecular complexity index is 523. The third kappa shape index (κ3) is 2.90. The minimum Gasteiger partial charge on any atom is -0.487 e. The highest BCUT2D eigenvalue weighted by molar-refractivity contribution is 5.85. The third-order valence-electron chi connectivity index (χ3n) is 3.66. The molecule has 5 heteroatoms. The number of halogens is 1. The Hall–Kier alpha value is -1.28. The second-order valence-electron chi connectivity index (χ2n) is 5.60. The largest absolute Gasteiger partial charge is 0.487 e. The maximum Gasteiger partial charge on any atom is 0.126 e. The van der Waals surface area contributed by atoms with Gasteiger partial charge in [0.1, 0.15) is 17.5 Å². The van der Waals surface area contributed by atoms with Crippen LogP contribution in [0.4, 0.5) is 0 Å². The van der Waals surface area contributed by atoms with Crippen molar-refractivity contribution in [2.75, 3.05) is 0 Å². The first kappa shape index (κ1) is 16.8. The number of nitriles is 1. The molecule has 4 nitrogen and oxygen atoms in total. The first-order valence-corrected chi connectivity index (χ1v) is 6.55. The summed E-state index contributed by atoms with van der Waals surface area (Å²) in [5.41, 5.74) is 0.393. The average molecular weight is 297 g/mol. The SMILES string of the molecule is CC(C)N[C@H]1c2cc(C#N)ccc2O[C@H](C)C1(C)O.Cl. The highest BCUT2D eigenvalue weighted by Gasteiger charge is 2.45. The van der Waals surface area contributed by atoms with Crippen molar-refractivity contribution in [2.24, 2.45) is 0 Å². The van der Waals surface area contributed by atoms with E-state index in [1.165, 1.54) is 0 Å². The van der Waals surface area contributed by atoms with Gasteiger partial charge in [0, 0.05) is 11.6 Å². The summed E-state index contributed by atoms with van der Waals surface area (Å²) in [5.74, 6) is 0.733. The molecule has 0 spiro atoms. The molecule has 0 saturated carbocycles. The standard InChI is InChI=1S/C15H20N2O2.ClH/c1-9(2)17-14-12-7-11(8-16)5-6-13(12)19-10(3)15(14,4)18;/h5-7,9-10,14,17-18H,1-4H3;1H/t10-,14+,15?;/m1./s1. The number of benzene rings is 1. The molecule has 0 aromatic heterocycles. The van der Waals surface area contributed by atoms with Crippen molar-refractivity contribution >= 4 is 12.4 Å². The Morgan fingerprint density at radius 3 is 2.65 bits per heavy atom. The van der Waals surface area contributed by atoms with E-state index in [0.29, 0.717) is 5.56 Å². The van der Waals surface area contributed by atoms with Gasteiger partial charge in [0.15, 0.2) is 0 Å². The lowest BCUT2D eigenvalue weighted by Gasteiger charge is -2.44. The Balaban J connectivity index is 0.00000200. The zero-order valence-electron chi connectivity index (χ0n) is 12.2. The maximum absolute atomic E-state index is 10.7. The Morgan fingerprint density at radius 2 is 2.10 bits per heavy atom. The average Bonchev–Trinajstić information content (AvgIpc) is 2.34. The molecule has 1 aromatic rings. The maximum atomic E-state index is 10.7. The normalized spacial score (nSPS) is 28.1. The van der Waals surface area contributed by atoms with E-state index in [2.05, 4.69) is 11.4 Å². The van der Waals surface area contributed by atoms with Crippen molar-refractivity contribution in [3.8, 4) is 11.8 Å². The molecule has 1 heterocycles. The van der Waals surface area contributed by atoms with Gasteiger partial charge in [0.05, 0.1) is 17.7 Å². The van der Waals surface area contributed by atoms with Crippen molar-refractivity contribution in [3.63, 3.8) is 0 Å².